The lowest BCUT2D eigenvalue weighted by Gasteiger charge is -2.28. The van der Waals surface area contributed by atoms with Crippen molar-refractivity contribution in [3.05, 3.63) is 18.2 Å². The number of hydrogen-bond acceptors (Lipinski definition) is 3. The van der Waals surface area contributed by atoms with Gasteiger partial charge in [0.15, 0.2) is 0 Å². The summed E-state index contributed by atoms with van der Waals surface area (Å²) in [6.07, 6.45) is 2.45. The van der Waals surface area contributed by atoms with E-state index >= 15 is 0 Å². The van der Waals surface area contributed by atoms with Crippen LogP contribution in [0.4, 0.5) is 16.2 Å². The summed E-state index contributed by atoms with van der Waals surface area (Å²) in [5.74, 6) is 0.724. The maximum atomic E-state index is 12.1. The van der Waals surface area contributed by atoms with E-state index in [-0.39, 0.29) is 11.9 Å². The summed E-state index contributed by atoms with van der Waals surface area (Å²) in [5.41, 5.74) is 1.34. The van der Waals surface area contributed by atoms with Crippen molar-refractivity contribution in [1.82, 2.24) is 5.32 Å². The first-order valence-corrected chi connectivity index (χ1v) is 7.19. The van der Waals surface area contributed by atoms with Gasteiger partial charge in [0.25, 0.3) is 0 Å². The second-order valence-electron chi connectivity index (χ2n) is 4.87. The number of urea groups is 1. The van der Waals surface area contributed by atoms with Crippen molar-refractivity contribution in [2.75, 3.05) is 30.4 Å². The SMILES string of the molecule is CCNC(=O)Nc1ccc(OC)c(N2CCCCC2=O)c1. The lowest BCUT2D eigenvalue weighted by Crippen LogP contribution is -2.35. The monoisotopic (exact) mass is 291 g/mol. The lowest BCUT2D eigenvalue weighted by atomic mass is 10.1. The fourth-order valence-electron chi connectivity index (χ4n) is 2.38. The predicted octanol–water partition coefficient (Wildman–Crippen LogP) is 2.35. The number of ether oxygens (including phenoxy) is 1. The summed E-state index contributed by atoms with van der Waals surface area (Å²) in [7, 11) is 1.57. The number of anilines is 2. The average Bonchev–Trinajstić information content (AvgIpc) is 2.48. The summed E-state index contributed by atoms with van der Waals surface area (Å²) >= 11 is 0. The van der Waals surface area contributed by atoms with Crippen LogP contribution in [0.15, 0.2) is 18.2 Å². The Kier molecular flexibility index (Phi) is 5.03. The highest BCUT2D eigenvalue weighted by Crippen LogP contribution is 2.33. The second kappa shape index (κ2) is 6.97. The van der Waals surface area contributed by atoms with Gasteiger partial charge in [0.05, 0.1) is 12.8 Å². The molecule has 1 heterocycles. The summed E-state index contributed by atoms with van der Waals surface area (Å²) in [6.45, 7) is 3.09. The van der Waals surface area contributed by atoms with E-state index in [0.29, 0.717) is 36.6 Å². The molecule has 0 atom stereocenters. The number of carbonyl (C=O) groups is 2. The van der Waals surface area contributed by atoms with Gasteiger partial charge in [0, 0.05) is 25.2 Å². The van der Waals surface area contributed by atoms with Crippen LogP contribution >= 0.6 is 0 Å². The van der Waals surface area contributed by atoms with Crippen molar-refractivity contribution in [3.63, 3.8) is 0 Å². The molecule has 6 nitrogen and oxygen atoms in total. The Balaban J connectivity index is 2.25. The maximum absolute atomic E-state index is 12.1. The standard InChI is InChI=1S/C15H21N3O3/c1-3-16-15(20)17-11-7-8-13(21-2)12(10-11)18-9-5-4-6-14(18)19/h7-8,10H,3-6,9H2,1-2H3,(H2,16,17,20). The van der Waals surface area contributed by atoms with Crippen LogP contribution in [0, 0.1) is 0 Å². The third-order valence-corrected chi connectivity index (χ3v) is 3.39. The van der Waals surface area contributed by atoms with Crippen molar-refractivity contribution >= 4 is 23.3 Å². The van der Waals surface area contributed by atoms with Gasteiger partial charge in [-0.2, -0.15) is 0 Å². The van der Waals surface area contributed by atoms with Gasteiger partial charge in [-0.15, -0.1) is 0 Å². The topological polar surface area (TPSA) is 70.7 Å². The van der Waals surface area contributed by atoms with Crippen LogP contribution in [-0.4, -0.2) is 32.1 Å². The minimum Gasteiger partial charge on any atom is -0.495 e. The number of piperidine rings is 1. The number of methoxy groups -OCH3 is 1. The van der Waals surface area contributed by atoms with Crippen molar-refractivity contribution in [2.24, 2.45) is 0 Å². The summed E-state index contributed by atoms with van der Waals surface area (Å²) in [4.78, 5) is 25.4. The highest BCUT2D eigenvalue weighted by atomic mass is 16.5. The molecule has 2 rings (SSSR count). The highest BCUT2D eigenvalue weighted by molar-refractivity contribution is 5.97. The second-order valence-corrected chi connectivity index (χ2v) is 4.87. The van der Waals surface area contributed by atoms with Gasteiger partial charge in [0.1, 0.15) is 5.75 Å². The summed E-state index contributed by atoms with van der Waals surface area (Å²) < 4.78 is 5.33. The molecule has 3 amide bonds. The van der Waals surface area contributed by atoms with E-state index in [1.165, 1.54) is 0 Å². The van der Waals surface area contributed by atoms with E-state index in [1.807, 2.05) is 6.92 Å². The van der Waals surface area contributed by atoms with Crippen LogP contribution in [-0.2, 0) is 4.79 Å². The fourth-order valence-corrected chi connectivity index (χ4v) is 2.38. The van der Waals surface area contributed by atoms with E-state index < -0.39 is 0 Å². The Morgan fingerprint density at radius 3 is 2.86 bits per heavy atom. The zero-order valence-electron chi connectivity index (χ0n) is 12.4. The molecule has 1 fully saturated rings. The quantitative estimate of drug-likeness (QED) is 0.894. The molecule has 1 aromatic carbocycles. The number of nitrogens with one attached hydrogen (secondary N) is 2. The molecule has 0 aromatic heterocycles. The molecule has 0 bridgehead atoms. The van der Waals surface area contributed by atoms with E-state index in [1.54, 1.807) is 30.2 Å². The molecule has 1 aliphatic rings. The molecule has 114 valence electrons. The smallest absolute Gasteiger partial charge is 0.319 e. The molecular formula is C15H21N3O3. The van der Waals surface area contributed by atoms with E-state index in [9.17, 15) is 9.59 Å². The molecule has 0 aliphatic carbocycles. The number of benzene rings is 1. The number of carbonyl (C=O) groups excluding carboxylic acids is 2. The normalized spacial score (nSPS) is 14.8. The molecule has 1 saturated heterocycles. The van der Waals surface area contributed by atoms with Crippen molar-refractivity contribution < 1.29 is 14.3 Å². The lowest BCUT2D eigenvalue weighted by molar-refractivity contribution is -0.119. The van der Waals surface area contributed by atoms with Gasteiger partial charge in [-0.3, -0.25) is 4.79 Å². The van der Waals surface area contributed by atoms with Crippen LogP contribution in [0.1, 0.15) is 26.2 Å². The molecule has 21 heavy (non-hydrogen) atoms. The van der Waals surface area contributed by atoms with Gasteiger partial charge in [-0.1, -0.05) is 0 Å². The Morgan fingerprint density at radius 1 is 1.38 bits per heavy atom. The summed E-state index contributed by atoms with van der Waals surface area (Å²) in [5, 5.41) is 5.41. The molecular weight excluding hydrogens is 270 g/mol. The average molecular weight is 291 g/mol. The minimum atomic E-state index is -0.265. The number of amides is 3. The third-order valence-electron chi connectivity index (χ3n) is 3.39. The van der Waals surface area contributed by atoms with Gasteiger partial charge >= 0.3 is 6.03 Å². The Labute approximate surface area is 124 Å². The van der Waals surface area contributed by atoms with Crippen molar-refractivity contribution in [2.45, 2.75) is 26.2 Å². The zero-order chi connectivity index (χ0) is 15.2. The third kappa shape index (κ3) is 3.65. The first-order valence-electron chi connectivity index (χ1n) is 7.19. The molecule has 6 heteroatoms. The maximum Gasteiger partial charge on any atom is 0.319 e. The van der Waals surface area contributed by atoms with E-state index in [4.69, 9.17) is 4.74 Å². The Bertz CT molecular complexity index is 531. The largest absolute Gasteiger partial charge is 0.495 e. The first kappa shape index (κ1) is 15.2. The summed E-state index contributed by atoms with van der Waals surface area (Å²) in [6, 6.07) is 5.03. The van der Waals surface area contributed by atoms with E-state index in [2.05, 4.69) is 10.6 Å². The van der Waals surface area contributed by atoms with Gasteiger partial charge in [-0.05, 0) is 38.0 Å². The Hall–Kier alpha value is -2.24. The molecule has 1 aliphatic heterocycles. The van der Waals surface area contributed by atoms with Crippen LogP contribution < -0.4 is 20.3 Å². The van der Waals surface area contributed by atoms with E-state index in [0.717, 1.165) is 12.8 Å². The molecule has 0 unspecified atom stereocenters. The fraction of sp³-hybridized carbons (Fsp3) is 0.467. The Morgan fingerprint density at radius 2 is 2.19 bits per heavy atom. The highest BCUT2D eigenvalue weighted by Gasteiger charge is 2.23. The van der Waals surface area contributed by atoms with Gasteiger partial charge < -0.3 is 20.3 Å². The first-order chi connectivity index (χ1) is 10.2. The van der Waals surface area contributed by atoms with Crippen LogP contribution in [0.3, 0.4) is 0 Å². The molecule has 2 N–H and O–H groups in total. The van der Waals surface area contributed by atoms with Crippen molar-refractivity contribution in [3.8, 4) is 5.75 Å². The molecule has 1 aromatic rings. The number of nitrogens with zero attached hydrogens (tertiary/aromatic N) is 1. The number of rotatable bonds is 4. The molecule has 0 radical (unpaired) electrons. The minimum absolute atomic E-state index is 0.0923. The van der Waals surface area contributed by atoms with Gasteiger partial charge in [-0.25, -0.2) is 4.79 Å². The van der Waals surface area contributed by atoms with Crippen LogP contribution in [0.5, 0.6) is 5.75 Å². The molecule has 0 saturated carbocycles. The zero-order valence-corrected chi connectivity index (χ0v) is 12.4. The molecule has 0 spiro atoms. The predicted molar refractivity (Wildman–Crippen MR) is 81.9 cm³/mol. The number of hydrogen-bond donors (Lipinski definition) is 2. The van der Waals surface area contributed by atoms with Crippen LogP contribution in [0.2, 0.25) is 0 Å². The van der Waals surface area contributed by atoms with Gasteiger partial charge in [0.2, 0.25) is 5.91 Å². The van der Waals surface area contributed by atoms with Crippen LogP contribution in [0.25, 0.3) is 0 Å². The van der Waals surface area contributed by atoms with Crippen molar-refractivity contribution in [1.29, 1.82) is 0 Å².